The number of carbonyl (C=O) groups is 3. The number of rotatable bonds is 29. The third-order valence-corrected chi connectivity index (χ3v) is 7.09. The summed E-state index contributed by atoms with van der Waals surface area (Å²) in [5, 5.41) is 9.94. The van der Waals surface area contributed by atoms with Crippen LogP contribution in [-0.2, 0) is 23.9 Å². The first-order valence-corrected chi connectivity index (χ1v) is 16.7. The molecule has 0 aromatic heterocycles. The van der Waals surface area contributed by atoms with Crippen molar-refractivity contribution >= 4 is 17.7 Å². The van der Waals surface area contributed by atoms with Crippen LogP contribution in [0.1, 0.15) is 156 Å². The van der Waals surface area contributed by atoms with E-state index >= 15 is 0 Å². The fourth-order valence-electron chi connectivity index (χ4n) is 4.49. The van der Waals surface area contributed by atoms with E-state index in [1.54, 1.807) is 6.08 Å². The molecule has 0 aliphatic rings. The van der Waals surface area contributed by atoms with Crippen molar-refractivity contribution in [3.8, 4) is 0 Å². The monoisotopic (exact) mass is 578 g/mol. The van der Waals surface area contributed by atoms with E-state index in [-0.39, 0.29) is 30.9 Å². The highest BCUT2D eigenvalue weighted by Gasteiger charge is 2.12. The van der Waals surface area contributed by atoms with Crippen LogP contribution in [0.15, 0.2) is 24.3 Å². The lowest BCUT2D eigenvalue weighted by Crippen LogP contribution is -2.25. The normalized spacial score (nSPS) is 12.4. The van der Waals surface area contributed by atoms with Gasteiger partial charge in [-0.15, -0.1) is 0 Å². The number of hydrogen-bond donors (Lipinski definition) is 1. The van der Waals surface area contributed by atoms with Gasteiger partial charge in [-0.3, -0.25) is 14.4 Å². The fourth-order valence-corrected chi connectivity index (χ4v) is 4.49. The summed E-state index contributed by atoms with van der Waals surface area (Å²) < 4.78 is 10.2. The van der Waals surface area contributed by atoms with Gasteiger partial charge in [0.1, 0.15) is 19.3 Å². The zero-order chi connectivity index (χ0) is 30.4. The van der Waals surface area contributed by atoms with Crippen LogP contribution >= 0.6 is 0 Å². The molecular weight excluding hydrogens is 516 g/mol. The summed E-state index contributed by atoms with van der Waals surface area (Å²) in [7, 11) is 0. The van der Waals surface area contributed by atoms with Gasteiger partial charge in [0, 0.05) is 19.3 Å². The molecule has 0 amide bonds. The van der Waals surface area contributed by atoms with Gasteiger partial charge in [0.05, 0.1) is 0 Å². The highest BCUT2D eigenvalue weighted by Crippen LogP contribution is 2.13. The molecule has 238 valence electrons. The SMILES string of the molecule is CCCCC/C=C\C=C\C(=O)CCCCCCCC(=O)OC[C@@H](O)COC(=O)CCCCCCCCCCC(C)C. The number of carbonyl (C=O) groups excluding carboxylic acids is 3. The van der Waals surface area contributed by atoms with Crippen molar-refractivity contribution < 1.29 is 29.0 Å². The molecule has 6 nitrogen and oxygen atoms in total. The standard InChI is InChI=1S/C35H62O6/c1-4-5-6-7-10-15-20-25-32(36)26-21-16-13-18-23-28-35(39)41-30-33(37)29-40-34(38)27-22-17-12-9-8-11-14-19-24-31(2)3/h10,15,20,25,31,33,37H,4-9,11-14,16-19,21-24,26-30H2,1-3H3/b15-10-,25-20+/t33-/m0/s1. The molecule has 0 rings (SSSR count). The van der Waals surface area contributed by atoms with Crippen LogP contribution < -0.4 is 0 Å². The third-order valence-electron chi connectivity index (χ3n) is 7.09. The Kier molecular flexibility index (Phi) is 28.1. The molecule has 0 saturated carbocycles. The molecule has 0 aliphatic carbocycles. The molecule has 0 fully saturated rings. The number of aliphatic hydroxyl groups excluding tert-OH is 1. The minimum Gasteiger partial charge on any atom is -0.463 e. The first-order valence-electron chi connectivity index (χ1n) is 16.7. The van der Waals surface area contributed by atoms with Crippen LogP contribution in [0.2, 0.25) is 0 Å². The molecule has 0 unspecified atom stereocenters. The Morgan fingerprint density at radius 2 is 1.12 bits per heavy atom. The second kappa shape index (κ2) is 29.5. The van der Waals surface area contributed by atoms with E-state index in [0.29, 0.717) is 19.3 Å². The largest absolute Gasteiger partial charge is 0.463 e. The molecule has 41 heavy (non-hydrogen) atoms. The van der Waals surface area contributed by atoms with Crippen LogP contribution in [0, 0.1) is 5.92 Å². The number of esters is 2. The highest BCUT2D eigenvalue weighted by molar-refractivity contribution is 5.89. The summed E-state index contributed by atoms with van der Waals surface area (Å²) >= 11 is 0. The Labute approximate surface area is 251 Å². The number of unbranched alkanes of at least 4 members (excludes halogenated alkanes) is 14. The van der Waals surface area contributed by atoms with Crippen molar-refractivity contribution in [3.63, 3.8) is 0 Å². The molecular formula is C35H62O6. The van der Waals surface area contributed by atoms with Crippen molar-refractivity contribution in [2.75, 3.05) is 13.2 Å². The van der Waals surface area contributed by atoms with Crippen molar-refractivity contribution in [3.05, 3.63) is 24.3 Å². The van der Waals surface area contributed by atoms with E-state index in [1.807, 2.05) is 12.2 Å². The van der Waals surface area contributed by atoms with E-state index in [4.69, 9.17) is 9.47 Å². The Morgan fingerprint density at radius 1 is 0.634 bits per heavy atom. The average molecular weight is 579 g/mol. The molecule has 0 heterocycles. The molecule has 0 radical (unpaired) electrons. The molecule has 0 saturated heterocycles. The first-order chi connectivity index (χ1) is 19.8. The lowest BCUT2D eigenvalue weighted by Gasteiger charge is -2.12. The topological polar surface area (TPSA) is 89.9 Å². The van der Waals surface area contributed by atoms with Gasteiger partial charge >= 0.3 is 11.9 Å². The van der Waals surface area contributed by atoms with E-state index in [2.05, 4.69) is 26.8 Å². The summed E-state index contributed by atoms with van der Waals surface area (Å²) in [6.45, 7) is 6.42. The first kappa shape index (κ1) is 39.0. The van der Waals surface area contributed by atoms with Crippen LogP contribution in [0.3, 0.4) is 0 Å². The van der Waals surface area contributed by atoms with Crippen LogP contribution in [0.25, 0.3) is 0 Å². The van der Waals surface area contributed by atoms with Crippen molar-refractivity contribution in [1.82, 2.24) is 0 Å². The maximum atomic E-state index is 11.9. The molecule has 0 aromatic carbocycles. The third kappa shape index (κ3) is 30.8. The number of ether oxygens (including phenoxy) is 2. The lowest BCUT2D eigenvalue weighted by atomic mass is 10.0. The van der Waals surface area contributed by atoms with Crippen LogP contribution in [0.4, 0.5) is 0 Å². The molecule has 1 N–H and O–H groups in total. The minimum atomic E-state index is -0.998. The molecule has 0 bridgehead atoms. The maximum absolute atomic E-state index is 11.9. The van der Waals surface area contributed by atoms with Crippen molar-refractivity contribution in [2.45, 2.75) is 162 Å². The molecule has 0 aromatic rings. The Balaban J connectivity index is 3.56. The van der Waals surface area contributed by atoms with Gasteiger partial charge in [-0.1, -0.05) is 122 Å². The smallest absolute Gasteiger partial charge is 0.305 e. The van der Waals surface area contributed by atoms with Crippen LogP contribution in [-0.4, -0.2) is 42.1 Å². The molecule has 1 atom stereocenters. The maximum Gasteiger partial charge on any atom is 0.305 e. The summed E-state index contributed by atoms with van der Waals surface area (Å²) in [6, 6.07) is 0. The van der Waals surface area contributed by atoms with Gasteiger partial charge in [0.15, 0.2) is 5.78 Å². The lowest BCUT2D eigenvalue weighted by molar-refractivity contribution is -0.152. The van der Waals surface area contributed by atoms with Gasteiger partial charge in [0.25, 0.3) is 0 Å². The zero-order valence-electron chi connectivity index (χ0n) is 26.7. The van der Waals surface area contributed by atoms with Gasteiger partial charge in [0.2, 0.25) is 0 Å². The zero-order valence-corrected chi connectivity index (χ0v) is 26.7. The predicted octanol–water partition coefficient (Wildman–Crippen LogP) is 8.98. The minimum absolute atomic E-state index is 0.147. The predicted molar refractivity (Wildman–Crippen MR) is 169 cm³/mol. The van der Waals surface area contributed by atoms with Crippen LogP contribution in [0.5, 0.6) is 0 Å². The Hall–Kier alpha value is -1.95. The molecule has 6 heteroatoms. The average Bonchev–Trinajstić information content (AvgIpc) is 2.94. The number of hydrogen-bond acceptors (Lipinski definition) is 6. The van der Waals surface area contributed by atoms with E-state index < -0.39 is 6.10 Å². The van der Waals surface area contributed by atoms with Crippen molar-refractivity contribution in [1.29, 1.82) is 0 Å². The number of ketones is 1. The van der Waals surface area contributed by atoms with Crippen molar-refractivity contribution in [2.24, 2.45) is 5.92 Å². The number of aliphatic hydroxyl groups is 1. The second-order valence-electron chi connectivity index (χ2n) is 11.8. The van der Waals surface area contributed by atoms with Gasteiger partial charge in [-0.25, -0.2) is 0 Å². The fraction of sp³-hybridized carbons (Fsp3) is 0.800. The van der Waals surface area contributed by atoms with E-state index in [0.717, 1.165) is 63.7 Å². The summed E-state index contributed by atoms with van der Waals surface area (Å²) in [5.74, 6) is 0.299. The van der Waals surface area contributed by atoms with Gasteiger partial charge in [-0.2, -0.15) is 0 Å². The summed E-state index contributed by atoms with van der Waals surface area (Å²) in [4.78, 5) is 35.6. The van der Waals surface area contributed by atoms with E-state index in [1.165, 1.54) is 57.8 Å². The van der Waals surface area contributed by atoms with E-state index in [9.17, 15) is 19.5 Å². The summed E-state index contributed by atoms with van der Waals surface area (Å²) in [5.41, 5.74) is 0. The van der Waals surface area contributed by atoms with Gasteiger partial charge in [-0.05, 0) is 44.1 Å². The second-order valence-corrected chi connectivity index (χ2v) is 11.8. The molecule has 0 aliphatic heterocycles. The van der Waals surface area contributed by atoms with Gasteiger partial charge < -0.3 is 14.6 Å². The quantitative estimate of drug-likeness (QED) is 0.0412. The highest BCUT2D eigenvalue weighted by atomic mass is 16.6. The summed E-state index contributed by atoms with van der Waals surface area (Å²) in [6.07, 6.45) is 27.7. The molecule has 0 spiro atoms. The Morgan fingerprint density at radius 3 is 1.63 bits per heavy atom. The number of allylic oxidation sites excluding steroid dienone is 4. The Bertz CT molecular complexity index is 697.